The van der Waals surface area contributed by atoms with Crippen LogP contribution in [0.1, 0.15) is 16.4 Å². The van der Waals surface area contributed by atoms with Crippen LogP contribution in [0.5, 0.6) is 0 Å². The lowest BCUT2D eigenvalue weighted by Crippen LogP contribution is -2.40. The van der Waals surface area contributed by atoms with Crippen LogP contribution >= 0.6 is 11.8 Å². The lowest BCUT2D eigenvalue weighted by atomic mass is 10.0. The van der Waals surface area contributed by atoms with Crippen molar-refractivity contribution in [2.45, 2.75) is 18.2 Å². The maximum atomic E-state index is 3.34. The van der Waals surface area contributed by atoms with Crippen LogP contribution in [-0.2, 0) is 0 Å². The standard InChI is InChI=1S/C11H15NS/c1-8-3-5-9(6-4-8)11-10(12-2)7-13-11/h3-6,10-12H,7H2,1-2H3. The van der Waals surface area contributed by atoms with Gasteiger partial charge in [0.25, 0.3) is 0 Å². The molecule has 0 spiro atoms. The van der Waals surface area contributed by atoms with Gasteiger partial charge in [0.1, 0.15) is 0 Å². The molecule has 1 N–H and O–H groups in total. The van der Waals surface area contributed by atoms with Gasteiger partial charge in [0.2, 0.25) is 0 Å². The summed E-state index contributed by atoms with van der Waals surface area (Å²) in [6, 6.07) is 9.56. The maximum absolute atomic E-state index is 3.34. The summed E-state index contributed by atoms with van der Waals surface area (Å²) >= 11 is 2.03. The van der Waals surface area contributed by atoms with Crippen LogP contribution in [0.15, 0.2) is 24.3 Å². The van der Waals surface area contributed by atoms with Gasteiger partial charge in [-0.1, -0.05) is 29.8 Å². The first-order valence-electron chi connectivity index (χ1n) is 4.66. The molecule has 1 aliphatic rings. The van der Waals surface area contributed by atoms with Gasteiger partial charge in [-0.25, -0.2) is 0 Å². The molecule has 1 nitrogen and oxygen atoms in total. The Balaban J connectivity index is 2.12. The van der Waals surface area contributed by atoms with Crippen molar-refractivity contribution in [1.82, 2.24) is 5.32 Å². The maximum Gasteiger partial charge on any atom is 0.0459 e. The van der Waals surface area contributed by atoms with Crippen molar-refractivity contribution >= 4 is 11.8 Å². The fourth-order valence-corrected chi connectivity index (χ4v) is 2.84. The Hall–Kier alpha value is -0.470. The molecule has 1 aromatic carbocycles. The predicted octanol–water partition coefficient (Wildman–Crippen LogP) is 2.37. The zero-order valence-electron chi connectivity index (χ0n) is 8.08. The molecule has 0 amide bonds. The van der Waals surface area contributed by atoms with E-state index in [1.807, 2.05) is 18.8 Å². The van der Waals surface area contributed by atoms with Crippen molar-refractivity contribution < 1.29 is 0 Å². The molecule has 0 saturated carbocycles. The van der Waals surface area contributed by atoms with Crippen LogP contribution in [0.3, 0.4) is 0 Å². The Bertz CT molecular complexity index is 279. The fraction of sp³-hybridized carbons (Fsp3) is 0.455. The van der Waals surface area contributed by atoms with Crippen molar-refractivity contribution in [3.05, 3.63) is 35.4 Å². The minimum atomic E-state index is 0.672. The molecular formula is C11H15NS. The molecule has 1 aliphatic heterocycles. The quantitative estimate of drug-likeness (QED) is 0.774. The van der Waals surface area contributed by atoms with E-state index in [9.17, 15) is 0 Å². The van der Waals surface area contributed by atoms with Crippen LogP contribution in [0, 0.1) is 6.92 Å². The average molecular weight is 193 g/mol. The van der Waals surface area contributed by atoms with Crippen molar-refractivity contribution in [1.29, 1.82) is 0 Å². The van der Waals surface area contributed by atoms with Gasteiger partial charge in [0.15, 0.2) is 0 Å². The van der Waals surface area contributed by atoms with Crippen molar-refractivity contribution in [3.63, 3.8) is 0 Å². The number of hydrogen-bond donors (Lipinski definition) is 1. The zero-order valence-corrected chi connectivity index (χ0v) is 8.90. The van der Waals surface area contributed by atoms with E-state index >= 15 is 0 Å². The summed E-state index contributed by atoms with van der Waals surface area (Å²) in [5.74, 6) is 1.25. The van der Waals surface area contributed by atoms with Crippen molar-refractivity contribution in [2.75, 3.05) is 12.8 Å². The first kappa shape index (κ1) is 9.10. The molecule has 1 heterocycles. The molecule has 2 atom stereocenters. The predicted molar refractivity (Wildman–Crippen MR) is 59.2 cm³/mol. The van der Waals surface area contributed by atoms with Crippen molar-refractivity contribution in [3.8, 4) is 0 Å². The third-order valence-electron chi connectivity index (χ3n) is 2.60. The molecule has 0 aromatic heterocycles. The monoisotopic (exact) mass is 193 g/mol. The van der Waals surface area contributed by atoms with Gasteiger partial charge >= 0.3 is 0 Å². The van der Waals surface area contributed by atoms with Crippen LogP contribution < -0.4 is 5.32 Å². The van der Waals surface area contributed by atoms with E-state index in [0.717, 1.165) is 0 Å². The summed E-state index contributed by atoms with van der Waals surface area (Å²) in [6.07, 6.45) is 0. The highest BCUT2D eigenvalue weighted by Crippen LogP contribution is 2.42. The molecule has 1 aromatic rings. The molecule has 2 rings (SSSR count). The molecule has 2 unspecified atom stereocenters. The molecule has 13 heavy (non-hydrogen) atoms. The number of aryl methyl sites for hydroxylation is 1. The van der Waals surface area contributed by atoms with Crippen LogP contribution in [0.25, 0.3) is 0 Å². The Morgan fingerprint density at radius 2 is 2.00 bits per heavy atom. The lowest BCUT2D eigenvalue weighted by Gasteiger charge is -2.36. The SMILES string of the molecule is CNC1CSC1c1ccc(C)cc1. The lowest BCUT2D eigenvalue weighted by molar-refractivity contribution is 0.573. The molecule has 1 fully saturated rings. The summed E-state index contributed by atoms with van der Waals surface area (Å²) in [6.45, 7) is 2.13. The number of benzene rings is 1. The van der Waals surface area contributed by atoms with E-state index < -0.39 is 0 Å². The summed E-state index contributed by atoms with van der Waals surface area (Å²) < 4.78 is 0. The van der Waals surface area contributed by atoms with Crippen LogP contribution in [0.2, 0.25) is 0 Å². The van der Waals surface area contributed by atoms with Gasteiger partial charge in [-0.2, -0.15) is 11.8 Å². The second-order valence-corrected chi connectivity index (χ2v) is 4.73. The third kappa shape index (κ3) is 1.74. The fourth-order valence-electron chi connectivity index (χ4n) is 1.61. The third-order valence-corrected chi connectivity index (χ3v) is 4.11. The highest BCUT2D eigenvalue weighted by atomic mass is 32.2. The highest BCUT2D eigenvalue weighted by Gasteiger charge is 2.31. The topological polar surface area (TPSA) is 12.0 Å². The molecule has 0 radical (unpaired) electrons. The van der Waals surface area contributed by atoms with Gasteiger partial charge in [-0.05, 0) is 19.5 Å². The minimum absolute atomic E-state index is 0.672. The molecule has 2 heteroatoms. The largest absolute Gasteiger partial charge is 0.315 e. The Kier molecular flexibility index (Phi) is 2.61. The van der Waals surface area contributed by atoms with E-state index in [0.29, 0.717) is 11.3 Å². The van der Waals surface area contributed by atoms with Gasteiger partial charge in [0, 0.05) is 17.0 Å². The average Bonchev–Trinajstić information content (AvgIpc) is 2.08. The van der Waals surface area contributed by atoms with E-state index in [1.165, 1.54) is 16.9 Å². The number of hydrogen-bond acceptors (Lipinski definition) is 2. The van der Waals surface area contributed by atoms with Crippen LogP contribution in [0.4, 0.5) is 0 Å². The summed E-state index contributed by atoms with van der Waals surface area (Å²) in [7, 11) is 2.05. The number of likely N-dealkylation sites (N-methyl/N-ethyl adjacent to an activating group) is 1. The number of rotatable bonds is 2. The second kappa shape index (κ2) is 3.72. The summed E-state index contributed by atoms with van der Waals surface area (Å²) in [5.41, 5.74) is 2.80. The van der Waals surface area contributed by atoms with E-state index in [1.54, 1.807) is 0 Å². The molecule has 0 bridgehead atoms. The normalized spacial score (nSPS) is 26.9. The van der Waals surface area contributed by atoms with E-state index in [4.69, 9.17) is 0 Å². The Morgan fingerprint density at radius 1 is 1.31 bits per heavy atom. The summed E-state index contributed by atoms with van der Waals surface area (Å²) in [5, 5.41) is 4.02. The highest BCUT2D eigenvalue weighted by molar-refractivity contribution is 8.01. The van der Waals surface area contributed by atoms with E-state index in [2.05, 4.69) is 36.5 Å². The van der Waals surface area contributed by atoms with Crippen LogP contribution in [-0.4, -0.2) is 18.8 Å². The molecule has 1 saturated heterocycles. The van der Waals surface area contributed by atoms with Gasteiger partial charge in [-0.15, -0.1) is 0 Å². The van der Waals surface area contributed by atoms with Gasteiger partial charge in [-0.3, -0.25) is 0 Å². The Morgan fingerprint density at radius 3 is 2.46 bits per heavy atom. The smallest absolute Gasteiger partial charge is 0.0459 e. The second-order valence-electron chi connectivity index (χ2n) is 3.56. The summed E-state index contributed by atoms with van der Waals surface area (Å²) in [4.78, 5) is 0. The zero-order chi connectivity index (χ0) is 9.26. The number of nitrogens with one attached hydrogen (secondary N) is 1. The van der Waals surface area contributed by atoms with Gasteiger partial charge < -0.3 is 5.32 Å². The van der Waals surface area contributed by atoms with E-state index in [-0.39, 0.29) is 0 Å². The van der Waals surface area contributed by atoms with Crippen molar-refractivity contribution in [2.24, 2.45) is 0 Å². The first-order chi connectivity index (χ1) is 6.31. The Labute approximate surface area is 83.9 Å². The van der Waals surface area contributed by atoms with Gasteiger partial charge in [0.05, 0.1) is 0 Å². The minimum Gasteiger partial charge on any atom is -0.315 e. The first-order valence-corrected chi connectivity index (χ1v) is 5.71. The number of thioether (sulfide) groups is 1. The molecule has 0 aliphatic carbocycles. The molecule has 70 valence electrons. The molecular weight excluding hydrogens is 178 g/mol.